The summed E-state index contributed by atoms with van der Waals surface area (Å²) in [7, 11) is 1.67. The highest BCUT2D eigenvalue weighted by Crippen LogP contribution is 2.35. The summed E-state index contributed by atoms with van der Waals surface area (Å²) >= 11 is 18.0. The molecule has 2 aromatic rings. The molecule has 1 heterocycles. The number of guanidine groups is 1. The van der Waals surface area contributed by atoms with Crippen molar-refractivity contribution in [2.75, 3.05) is 20.2 Å². The van der Waals surface area contributed by atoms with Gasteiger partial charge >= 0.3 is 0 Å². The first kappa shape index (κ1) is 25.1. The van der Waals surface area contributed by atoms with Crippen LogP contribution in [0.4, 0.5) is 0 Å². The Morgan fingerprint density at radius 3 is 2.36 bits per heavy atom. The number of hydrogen-bond acceptors (Lipinski definition) is 5. The van der Waals surface area contributed by atoms with E-state index in [-0.39, 0.29) is 29.4 Å². The second-order valence-electron chi connectivity index (χ2n) is 6.67. The molecule has 0 saturated carbocycles. The molecular formula is C17H23Cl3IN5O2. The molecule has 0 bridgehead atoms. The Kier molecular flexibility index (Phi) is 10.1. The van der Waals surface area contributed by atoms with Crippen LogP contribution in [0.1, 0.15) is 32.5 Å². The van der Waals surface area contributed by atoms with Crippen LogP contribution in [-0.4, -0.2) is 36.3 Å². The van der Waals surface area contributed by atoms with Gasteiger partial charge in [-0.2, -0.15) is 4.98 Å². The van der Waals surface area contributed by atoms with Crippen molar-refractivity contribution in [2.45, 2.75) is 32.7 Å². The molecule has 0 aliphatic carbocycles. The van der Waals surface area contributed by atoms with Crippen molar-refractivity contribution in [3.05, 3.63) is 38.9 Å². The van der Waals surface area contributed by atoms with Gasteiger partial charge in [0.25, 0.3) is 0 Å². The highest BCUT2D eigenvalue weighted by molar-refractivity contribution is 14.0. The topological polar surface area (TPSA) is 84.6 Å². The molecule has 0 unspecified atom stereocenters. The maximum Gasteiger partial charge on any atom is 0.232 e. The quantitative estimate of drug-likeness (QED) is 0.230. The largest absolute Gasteiger partial charge is 0.489 e. The second-order valence-corrected chi connectivity index (χ2v) is 7.92. The standard InChI is InChI=1S/C17H22Cl3N5O2.HI/c1-17(2,3)15-24-13(25-27-15)9-23-16(21-4)22-5-6-26-14-11(19)7-10(18)8-12(14)20;/h7-8H,5-6,9H2,1-4H3,(H2,21,22,23);1H. The van der Waals surface area contributed by atoms with Gasteiger partial charge in [-0.25, -0.2) is 0 Å². The molecule has 11 heteroatoms. The summed E-state index contributed by atoms with van der Waals surface area (Å²) in [5.74, 6) is 2.12. The fraction of sp³-hybridized carbons (Fsp3) is 0.471. The van der Waals surface area contributed by atoms with Crippen molar-refractivity contribution in [1.82, 2.24) is 20.8 Å². The third kappa shape index (κ3) is 7.46. The maximum absolute atomic E-state index is 6.08. The summed E-state index contributed by atoms with van der Waals surface area (Å²) in [6.07, 6.45) is 0. The monoisotopic (exact) mass is 561 g/mol. The van der Waals surface area contributed by atoms with Crippen LogP contribution in [0.5, 0.6) is 5.75 Å². The first-order valence-corrected chi connectivity index (χ1v) is 9.39. The van der Waals surface area contributed by atoms with E-state index in [0.717, 1.165) is 0 Å². The van der Waals surface area contributed by atoms with Gasteiger partial charge in [0.2, 0.25) is 5.89 Å². The number of benzene rings is 1. The number of aromatic nitrogens is 2. The molecule has 0 atom stereocenters. The lowest BCUT2D eigenvalue weighted by Crippen LogP contribution is -2.39. The summed E-state index contributed by atoms with van der Waals surface area (Å²) < 4.78 is 10.9. The molecule has 156 valence electrons. The highest BCUT2D eigenvalue weighted by atomic mass is 127. The molecule has 1 aromatic carbocycles. The van der Waals surface area contributed by atoms with Crippen LogP contribution >= 0.6 is 58.8 Å². The van der Waals surface area contributed by atoms with Gasteiger partial charge in [0.15, 0.2) is 17.5 Å². The van der Waals surface area contributed by atoms with Gasteiger partial charge in [-0.3, -0.25) is 4.99 Å². The van der Waals surface area contributed by atoms with Crippen LogP contribution in [0.15, 0.2) is 21.6 Å². The minimum absolute atomic E-state index is 0. The van der Waals surface area contributed by atoms with E-state index in [1.54, 1.807) is 19.2 Å². The molecule has 28 heavy (non-hydrogen) atoms. The van der Waals surface area contributed by atoms with Crippen LogP contribution < -0.4 is 15.4 Å². The average molecular weight is 563 g/mol. The fourth-order valence-electron chi connectivity index (χ4n) is 2.00. The van der Waals surface area contributed by atoms with Crippen molar-refractivity contribution in [2.24, 2.45) is 4.99 Å². The number of halogens is 4. The predicted octanol–water partition coefficient (Wildman–Crippen LogP) is 4.69. The predicted molar refractivity (Wildman–Crippen MR) is 124 cm³/mol. The van der Waals surface area contributed by atoms with Crippen molar-refractivity contribution in [1.29, 1.82) is 0 Å². The van der Waals surface area contributed by atoms with Gasteiger partial charge in [0.1, 0.15) is 6.61 Å². The lowest BCUT2D eigenvalue weighted by atomic mass is 9.97. The van der Waals surface area contributed by atoms with Crippen LogP contribution in [0.2, 0.25) is 15.1 Å². The molecule has 0 aliphatic rings. The van der Waals surface area contributed by atoms with E-state index >= 15 is 0 Å². The molecular weight excluding hydrogens is 539 g/mol. The lowest BCUT2D eigenvalue weighted by Gasteiger charge is -2.13. The van der Waals surface area contributed by atoms with Crippen LogP contribution in [-0.2, 0) is 12.0 Å². The van der Waals surface area contributed by atoms with Crippen LogP contribution in [0.3, 0.4) is 0 Å². The SMILES string of the molecule is CN=C(NCCOc1c(Cl)cc(Cl)cc1Cl)NCc1noc(C(C)(C)C)n1.I. The smallest absolute Gasteiger partial charge is 0.232 e. The minimum Gasteiger partial charge on any atom is -0.489 e. The van der Waals surface area contributed by atoms with E-state index in [2.05, 4.69) is 25.8 Å². The first-order chi connectivity index (χ1) is 12.7. The zero-order valence-electron chi connectivity index (χ0n) is 16.0. The Bertz CT molecular complexity index is 785. The van der Waals surface area contributed by atoms with Crippen molar-refractivity contribution in [3.8, 4) is 5.75 Å². The molecule has 0 aliphatic heterocycles. The summed E-state index contributed by atoms with van der Waals surface area (Å²) in [5.41, 5.74) is -0.188. The van der Waals surface area contributed by atoms with E-state index in [0.29, 0.717) is 58.2 Å². The van der Waals surface area contributed by atoms with Gasteiger partial charge in [-0.1, -0.05) is 60.7 Å². The number of hydrogen-bond donors (Lipinski definition) is 2. The minimum atomic E-state index is -0.188. The molecule has 0 saturated heterocycles. The molecule has 0 amide bonds. The number of nitrogens with zero attached hydrogens (tertiary/aromatic N) is 3. The lowest BCUT2D eigenvalue weighted by molar-refractivity contribution is 0.318. The van der Waals surface area contributed by atoms with E-state index in [1.807, 2.05) is 20.8 Å². The van der Waals surface area contributed by atoms with Crippen LogP contribution in [0, 0.1) is 0 Å². The molecule has 1 aromatic heterocycles. The second kappa shape index (κ2) is 11.3. The Morgan fingerprint density at radius 2 is 1.82 bits per heavy atom. The van der Waals surface area contributed by atoms with Crippen LogP contribution in [0.25, 0.3) is 0 Å². The zero-order chi connectivity index (χ0) is 20.0. The van der Waals surface area contributed by atoms with E-state index in [4.69, 9.17) is 44.1 Å². The van der Waals surface area contributed by atoms with Crippen molar-refractivity contribution in [3.63, 3.8) is 0 Å². The summed E-state index contributed by atoms with van der Waals surface area (Å²) in [6, 6.07) is 3.16. The average Bonchev–Trinajstić information content (AvgIpc) is 3.05. The summed E-state index contributed by atoms with van der Waals surface area (Å²) in [4.78, 5) is 8.50. The highest BCUT2D eigenvalue weighted by Gasteiger charge is 2.21. The molecule has 0 spiro atoms. The fourth-order valence-corrected chi connectivity index (χ4v) is 2.93. The van der Waals surface area contributed by atoms with E-state index in [9.17, 15) is 0 Å². The number of aliphatic imine (C=N–C) groups is 1. The van der Waals surface area contributed by atoms with Crippen molar-refractivity contribution >= 4 is 64.7 Å². The third-order valence-electron chi connectivity index (χ3n) is 3.35. The van der Waals surface area contributed by atoms with Gasteiger partial charge in [-0.15, -0.1) is 24.0 Å². The molecule has 0 radical (unpaired) electrons. The van der Waals surface area contributed by atoms with Gasteiger partial charge in [0, 0.05) is 17.5 Å². The van der Waals surface area contributed by atoms with Gasteiger partial charge in [-0.05, 0) is 12.1 Å². The molecule has 2 N–H and O–H groups in total. The third-order valence-corrected chi connectivity index (χ3v) is 4.13. The number of nitrogens with one attached hydrogen (secondary N) is 2. The maximum atomic E-state index is 6.08. The molecule has 2 rings (SSSR count). The Labute approximate surface area is 196 Å². The van der Waals surface area contributed by atoms with Gasteiger partial charge < -0.3 is 19.9 Å². The number of rotatable bonds is 6. The van der Waals surface area contributed by atoms with E-state index < -0.39 is 0 Å². The molecule has 7 nitrogen and oxygen atoms in total. The zero-order valence-corrected chi connectivity index (χ0v) is 20.6. The Hall–Kier alpha value is -0.970. The Balaban J connectivity index is 0.00000392. The summed E-state index contributed by atoms with van der Waals surface area (Å²) in [6.45, 7) is 7.23. The first-order valence-electron chi connectivity index (χ1n) is 8.25. The number of ether oxygens (including phenoxy) is 1. The molecule has 0 fully saturated rings. The normalized spacial score (nSPS) is 11.8. The van der Waals surface area contributed by atoms with Crippen molar-refractivity contribution < 1.29 is 9.26 Å². The summed E-state index contributed by atoms with van der Waals surface area (Å²) in [5, 5.41) is 11.4. The van der Waals surface area contributed by atoms with Gasteiger partial charge in [0.05, 0.1) is 23.1 Å². The Morgan fingerprint density at radius 1 is 1.18 bits per heavy atom. The van der Waals surface area contributed by atoms with E-state index in [1.165, 1.54) is 0 Å².